The van der Waals surface area contributed by atoms with Crippen molar-refractivity contribution in [1.29, 1.82) is 0 Å². The van der Waals surface area contributed by atoms with Gasteiger partial charge in [0.15, 0.2) is 11.5 Å². The van der Waals surface area contributed by atoms with Crippen molar-refractivity contribution < 1.29 is 22.6 Å². The fraction of sp³-hybridized carbons (Fsp3) is 0.538. The molecule has 0 unspecified atom stereocenters. The zero-order valence-corrected chi connectivity index (χ0v) is 10.8. The lowest BCUT2D eigenvalue weighted by atomic mass is 10.0. The third kappa shape index (κ3) is 2.94. The van der Waals surface area contributed by atoms with Gasteiger partial charge in [-0.1, -0.05) is 0 Å². The molecule has 6 heteroatoms. The quantitative estimate of drug-likeness (QED) is 0.919. The van der Waals surface area contributed by atoms with Crippen LogP contribution < -0.4 is 15.2 Å². The Kier molecular flexibility index (Phi) is 3.38. The van der Waals surface area contributed by atoms with E-state index in [1.54, 1.807) is 6.07 Å². The molecule has 2 N–H and O–H groups in total. The van der Waals surface area contributed by atoms with Gasteiger partial charge in [0, 0.05) is 5.54 Å². The van der Waals surface area contributed by atoms with Gasteiger partial charge in [-0.05, 0) is 37.0 Å². The molecule has 0 atom stereocenters. The third-order valence-corrected chi connectivity index (χ3v) is 3.29. The predicted octanol–water partition coefficient (Wildman–Crippen LogP) is 2.76. The van der Waals surface area contributed by atoms with Crippen molar-refractivity contribution >= 4 is 0 Å². The summed E-state index contributed by atoms with van der Waals surface area (Å²) < 4.78 is 48.8. The second-order valence-corrected chi connectivity index (χ2v) is 4.92. The second kappa shape index (κ2) is 4.59. The van der Waals surface area contributed by atoms with Gasteiger partial charge in [0.05, 0.1) is 14.2 Å². The van der Waals surface area contributed by atoms with E-state index in [1.807, 2.05) is 0 Å². The van der Waals surface area contributed by atoms with Crippen LogP contribution in [0.1, 0.15) is 24.0 Å². The van der Waals surface area contributed by atoms with Crippen LogP contribution in [-0.4, -0.2) is 19.8 Å². The smallest absolute Gasteiger partial charge is 0.420 e. The summed E-state index contributed by atoms with van der Waals surface area (Å²) in [5.74, 6) is -0.211. The van der Waals surface area contributed by atoms with Gasteiger partial charge in [-0.3, -0.25) is 0 Å². The zero-order valence-electron chi connectivity index (χ0n) is 10.8. The largest absolute Gasteiger partial charge is 0.493 e. The van der Waals surface area contributed by atoms with Crippen LogP contribution in [0.15, 0.2) is 12.1 Å². The van der Waals surface area contributed by atoms with Crippen molar-refractivity contribution in [2.45, 2.75) is 31.0 Å². The molecule has 1 aliphatic carbocycles. The summed E-state index contributed by atoms with van der Waals surface area (Å²) in [4.78, 5) is 0. The Hall–Kier alpha value is -1.43. The fourth-order valence-electron chi connectivity index (χ4n) is 2.08. The minimum atomic E-state index is -4.49. The average Bonchev–Trinajstić information content (AvgIpc) is 3.04. The van der Waals surface area contributed by atoms with E-state index >= 15 is 0 Å². The molecule has 3 nitrogen and oxygen atoms in total. The monoisotopic (exact) mass is 275 g/mol. The summed E-state index contributed by atoms with van der Waals surface area (Å²) in [6.07, 6.45) is -2.40. The van der Waals surface area contributed by atoms with E-state index in [0.717, 1.165) is 18.9 Å². The van der Waals surface area contributed by atoms with Crippen molar-refractivity contribution in [2.75, 3.05) is 14.2 Å². The number of hydrogen-bond donors (Lipinski definition) is 1. The molecule has 0 spiro atoms. The molecule has 0 saturated heterocycles. The van der Waals surface area contributed by atoms with Gasteiger partial charge < -0.3 is 15.2 Å². The number of hydrogen-bond acceptors (Lipinski definition) is 3. The maximum Gasteiger partial charge on any atom is 0.420 e. The van der Waals surface area contributed by atoms with Crippen LogP contribution in [0, 0.1) is 0 Å². The topological polar surface area (TPSA) is 44.5 Å². The minimum absolute atomic E-state index is 0.0802. The zero-order chi connectivity index (χ0) is 14.3. The highest BCUT2D eigenvalue weighted by molar-refractivity contribution is 5.51. The molecule has 0 aromatic heterocycles. The summed E-state index contributed by atoms with van der Waals surface area (Å²) in [5.41, 5.74) is 5.28. The average molecular weight is 275 g/mol. The predicted molar refractivity (Wildman–Crippen MR) is 64.4 cm³/mol. The van der Waals surface area contributed by atoms with Gasteiger partial charge in [0.2, 0.25) is 0 Å². The van der Waals surface area contributed by atoms with Gasteiger partial charge >= 0.3 is 6.18 Å². The molecule has 1 aromatic rings. The number of benzene rings is 1. The Bertz CT molecular complexity index is 482. The summed E-state index contributed by atoms with van der Waals surface area (Å²) in [6, 6.07) is 2.65. The highest BCUT2D eigenvalue weighted by Crippen LogP contribution is 2.44. The number of halogens is 3. The molecule has 1 aliphatic rings. The van der Waals surface area contributed by atoms with Crippen LogP contribution in [0.3, 0.4) is 0 Å². The lowest BCUT2D eigenvalue weighted by molar-refractivity contribution is -0.138. The molecule has 1 fully saturated rings. The summed E-state index contributed by atoms with van der Waals surface area (Å²) in [6.45, 7) is 0. The molecule has 0 amide bonds. The van der Waals surface area contributed by atoms with E-state index in [1.165, 1.54) is 14.2 Å². The molecule has 2 rings (SSSR count). The van der Waals surface area contributed by atoms with Crippen LogP contribution in [-0.2, 0) is 12.6 Å². The van der Waals surface area contributed by atoms with E-state index in [2.05, 4.69) is 0 Å². The first-order valence-electron chi connectivity index (χ1n) is 5.90. The number of ether oxygens (including phenoxy) is 2. The van der Waals surface area contributed by atoms with Crippen LogP contribution in [0.5, 0.6) is 11.5 Å². The highest BCUT2D eigenvalue weighted by atomic mass is 19.4. The van der Waals surface area contributed by atoms with E-state index in [0.29, 0.717) is 12.0 Å². The first-order chi connectivity index (χ1) is 8.79. The Morgan fingerprint density at radius 1 is 1.21 bits per heavy atom. The lowest BCUT2D eigenvalue weighted by Gasteiger charge is -2.18. The molecule has 1 aromatic carbocycles. The number of rotatable bonds is 4. The van der Waals surface area contributed by atoms with Crippen LogP contribution >= 0.6 is 0 Å². The highest BCUT2D eigenvalue weighted by Gasteiger charge is 2.40. The van der Waals surface area contributed by atoms with Crippen molar-refractivity contribution in [1.82, 2.24) is 0 Å². The first kappa shape index (κ1) is 14.0. The van der Waals surface area contributed by atoms with Crippen molar-refractivity contribution in [3.05, 3.63) is 23.3 Å². The normalized spacial score (nSPS) is 17.2. The molecular weight excluding hydrogens is 259 g/mol. The van der Waals surface area contributed by atoms with Gasteiger partial charge in [-0.25, -0.2) is 0 Å². The fourth-order valence-corrected chi connectivity index (χ4v) is 2.08. The Labute approximate surface area is 109 Å². The Balaban J connectivity index is 2.46. The Morgan fingerprint density at radius 2 is 1.84 bits per heavy atom. The van der Waals surface area contributed by atoms with Gasteiger partial charge in [0.25, 0.3) is 0 Å². The SMILES string of the molecule is COc1cc(CC2(N)CC2)cc(C(F)(F)F)c1OC. The van der Waals surface area contributed by atoms with Crippen LogP contribution in [0.4, 0.5) is 13.2 Å². The molecule has 19 heavy (non-hydrogen) atoms. The van der Waals surface area contributed by atoms with Gasteiger partial charge in [-0.2, -0.15) is 13.2 Å². The van der Waals surface area contributed by atoms with Crippen molar-refractivity contribution in [3.8, 4) is 11.5 Å². The summed E-state index contributed by atoms with van der Waals surface area (Å²) >= 11 is 0. The lowest BCUT2D eigenvalue weighted by Crippen LogP contribution is -2.24. The van der Waals surface area contributed by atoms with E-state index in [9.17, 15) is 13.2 Å². The summed E-state index contributed by atoms with van der Waals surface area (Å²) in [5, 5.41) is 0. The maximum absolute atomic E-state index is 13.0. The molecule has 106 valence electrons. The maximum atomic E-state index is 13.0. The second-order valence-electron chi connectivity index (χ2n) is 4.92. The summed E-state index contributed by atoms with van der Waals surface area (Å²) in [7, 11) is 2.51. The number of alkyl halides is 3. The first-order valence-corrected chi connectivity index (χ1v) is 5.90. The number of nitrogens with two attached hydrogens (primary N) is 1. The molecule has 0 bridgehead atoms. The van der Waals surface area contributed by atoms with Gasteiger partial charge in [-0.15, -0.1) is 0 Å². The minimum Gasteiger partial charge on any atom is -0.493 e. The Morgan fingerprint density at radius 3 is 2.26 bits per heavy atom. The van der Waals surface area contributed by atoms with E-state index in [4.69, 9.17) is 15.2 Å². The van der Waals surface area contributed by atoms with Crippen LogP contribution in [0.25, 0.3) is 0 Å². The van der Waals surface area contributed by atoms with Gasteiger partial charge in [0.1, 0.15) is 5.56 Å². The molecule has 1 saturated carbocycles. The molecule has 0 aliphatic heterocycles. The standard InChI is InChI=1S/C13H16F3NO2/c1-18-10-6-8(7-12(17)3-4-12)5-9(11(10)19-2)13(14,15)16/h5-6H,3-4,7,17H2,1-2H3. The third-order valence-electron chi connectivity index (χ3n) is 3.29. The van der Waals surface area contributed by atoms with Crippen molar-refractivity contribution in [2.24, 2.45) is 5.73 Å². The molecular formula is C13H16F3NO2. The van der Waals surface area contributed by atoms with Crippen LogP contribution in [0.2, 0.25) is 0 Å². The van der Waals surface area contributed by atoms with E-state index < -0.39 is 11.7 Å². The molecule has 0 radical (unpaired) electrons. The molecule has 0 heterocycles. The number of methoxy groups -OCH3 is 2. The van der Waals surface area contributed by atoms with Crippen molar-refractivity contribution in [3.63, 3.8) is 0 Å². The van der Waals surface area contributed by atoms with E-state index in [-0.39, 0.29) is 17.0 Å².